The molecule has 21 heavy (non-hydrogen) atoms. The van der Waals surface area contributed by atoms with E-state index < -0.39 is 9.84 Å². The van der Waals surface area contributed by atoms with E-state index in [0.29, 0.717) is 17.9 Å². The van der Waals surface area contributed by atoms with Gasteiger partial charge in [0.1, 0.15) is 6.61 Å². The van der Waals surface area contributed by atoms with Crippen LogP contribution in [0.2, 0.25) is 0 Å². The van der Waals surface area contributed by atoms with Gasteiger partial charge in [-0.1, -0.05) is 19.9 Å². The van der Waals surface area contributed by atoms with E-state index in [0.717, 1.165) is 18.7 Å². The molecule has 0 saturated carbocycles. The van der Waals surface area contributed by atoms with Gasteiger partial charge in [-0.3, -0.25) is 0 Å². The fraction of sp³-hybridized carbons (Fsp3) is 0.600. The van der Waals surface area contributed by atoms with Crippen LogP contribution < -0.4 is 14.8 Å². The molecule has 6 heteroatoms. The third-order valence-electron chi connectivity index (χ3n) is 2.97. The van der Waals surface area contributed by atoms with E-state index in [2.05, 4.69) is 5.32 Å². The van der Waals surface area contributed by atoms with Crippen LogP contribution in [0, 0.1) is 0 Å². The molecule has 1 rings (SSSR count). The number of nitrogens with one attached hydrogen (secondary N) is 1. The van der Waals surface area contributed by atoms with E-state index in [4.69, 9.17) is 9.47 Å². The standard InChI is InChI=1S/C15H25NO4S/c1-4-9-21(17,18)10-8-20-14-7-6-13(12-16-5-2)11-15(14)19-3/h6-7,11,16H,4-5,8-10,12H2,1-3H3. The number of hydrogen-bond acceptors (Lipinski definition) is 5. The molecule has 5 nitrogen and oxygen atoms in total. The lowest BCUT2D eigenvalue weighted by Crippen LogP contribution is -2.17. The van der Waals surface area contributed by atoms with E-state index in [9.17, 15) is 8.42 Å². The zero-order valence-electron chi connectivity index (χ0n) is 13.0. The maximum atomic E-state index is 11.6. The largest absolute Gasteiger partial charge is 0.493 e. The Morgan fingerprint density at radius 2 is 1.90 bits per heavy atom. The second-order valence-electron chi connectivity index (χ2n) is 4.77. The quantitative estimate of drug-likeness (QED) is 0.715. The predicted molar refractivity (Wildman–Crippen MR) is 84.8 cm³/mol. The van der Waals surface area contributed by atoms with Crippen molar-refractivity contribution < 1.29 is 17.9 Å². The SMILES string of the molecule is CCCS(=O)(=O)CCOc1ccc(CNCC)cc1OC. The summed E-state index contributed by atoms with van der Waals surface area (Å²) in [4.78, 5) is 0. The summed E-state index contributed by atoms with van der Waals surface area (Å²) in [6.45, 7) is 5.70. The van der Waals surface area contributed by atoms with Gasteiger partial charge in [0.15, 0.2) is 21.3 Å². The molecule has 0 aliphatic rings. The lowest BCUT2D eigenvalue weighted by Gasteiger charge is -2.12. The van der Waals surface area contributed by atoms with E-state index in [-0.39, 0.29) is 18.1 Å². The van der Waals surface area contributed by atoms with Gasteiger partial charge in [0.2, 0.25) is 0 Å². The molecule has 1 N–H and O–H groups in total. The first-order valence-corrected chi connectivity index (χ1v) is 9.05. The molecule has 0 saturated heterocycles. The second-order valence-corrected chi connectivity index (χ2v) is 7.07. The second kappa shape index (κ2) is 8.89. The molecule has 1 aromatic rings. The minimum atomic E-state index is -3.02. The van der Waals surface area contributed by atoms with Crippen molar-refractivity contribution in [3.05, 3.63) is 23.8 Å². The highest BCUT2D eigenvalue weighted by atomic mass is 32.2. The number of sulfone groups is 1. The van der Waals surface area contributed by atoms with Crippen molar-refractivity contribution in [1.82, 2.24) is 5.32 Å². The van der Waals surface area contributed by atoms with Gasteiger partial charge in [0.25, 0.3) is 0 Å². The Hall–Kier alpha value is -1.27. The van der Waals surface area contributed by atoms with Gasteiger partial charge in [0.05, 0.1) is 18.6 Å². The molecule has 0 heterocycles. The minimum absolute atomic E-state index is 0.0309. The number of ether oxygens (including phenoxy) is 2. The summed E-state index contributed by atoms with van der Waals surface area (Å²) < 4.78 is 34.1. The molecule has 0 unspecified atom stereocenters. The van der Waals surface area contributed by atoms with Crippen molar-refractivity contribution in [2.45, 2.75) is 26.8 Å². The number of rotatable bonds is 10. The smallest absolute Gasteiger partial charge is 0.161 e. The van der Waals surface area contributed by atoms with Gasteiger partial charge in [-0.2, -0.15) is 0 Å². The Labute approximate surface area is 127 Å². The summed E-state index contributed by atoms with van der Waals surface area (Å²) in [5.74, 6) is 1.43. The van der Waals surface area contributed by atoms with Crippen molar-refractivity contribution in [2.75, 3.05) is 31.8 Å². The maximum absolute atomic E-state index is 11.6. The number of methoxy groups -OCH3 is 1. The van der Waals surface area contributed by atoms with Crippen LogP contribution in [0.5, 0.6) is 11.5 Å². The Kier molecular flexibility index (Phi) is 7.53. The molecule has 120 valence electrons. The van der Waals surface area contributed by atoms with Crippen LogP contribution in [0.4, 0.5) is 0 Å². The first-order chi connectivity index (χ1) is 10.0. The van der Waals surface area contributed by atoms with E-state index in [1.165, 1.54) is 0 Å². The molecular formula is C15H25NO4S. The third kappa shape index (κ3) is 6.35. The molecule has 0 aromatic heterocycles. The van der Waals surface area contributed by atoms with Crippen molar-refractivity contribution in [3.63, 3.8) is 0 Å². The van der Waals surface area contributed by atoms with Gasteiger partial charge in [-0.05, 0) is 30.7 Å². The Morgan fingerprint density at radius 1 is 1.14 bits per heavy atom. The van der Waals surface area contributed by atoms with Gasteiger partial charge in [-0.25, -0.2) is 8.42 Å². The molecule has 0 fully saturated rings. The summed E-state index contributed by atoms with van der Waals surface area (Å²) in [6.07, 6.45) is 0.630. The molecule has 0 aliphatic carbocycles. The number of benzene rings is 1. The Morgan fingerprint density at radius 3 is 2.52 bits per heavy atom. The van der Waals surface area contributed by atoms with E-state index in [1.807, 2.05) is 32.0 Å². The van der Waals surface area contributed by atoms with Crippen LogP contribution in [0.25, 0.3) is 0 Å². The molecule has 0 radical (unpaired) electrons. The molecule has 0 amide bonds. The third-order valence-corrected chi connectivity index (χ3v) is 4.79. The first-order valence-electron chi connectivity index (χ1n) is 7.23. The number of hydrogen-bond donors (Lipinski definition) is 1. The van der Waals surface area contributed by atoms with Gasteiger partial charge in [-0.15, -0.1) is 0 Å². The molecule has 0 atom stereocenters. The zero-order chi connectivity index (χ0) is 15.7. The van der Waals surface area contributed by atoms with Crippen LogP contribution in [0.1, 0.15) is 25.8 Å². The van der Waals surface area contributed by atoms with Crippen LogP contribution in [0.15, 0.2) is 18.2 Å². The maximum Gasteiger partial charge on any atom is 0.161 e. The average molecular weight is 315 g/mol. The van der Waals surface area contributed by atoms with Crippen LogP contribution in [0.3, 0.4) is 0 Å². The van der Waals surface area contributed by atoms with Crippen molar-refractivity contribution >= 4 is 9.84 Å². The van der Waals surface area contributed by atoms with Crippen LogP contribution in [-0.4, -0.2) is 40.2 Å². The molecule has 0 bridgehead atoms. The normalized spacial score (nSPS) is 11.4. The monoisotopic (exact) mass is 315 g/mol. The topological polar surface area (TPSA) is 64.6 Å². The van der Waals surface area contributed by atoms with Crippen molar-refractivity contribution in [2.24, 2.45) is 0 Å². The van der Waals surface area contributed by atoms with E-state index >= 15 is 0 Å². The molecular weight excluding hydrogens is 290 g/mol. The summed E-state index contributed by atoms with van der Waals surface area (Å²) in [7, 11) is -1.44. The Bertz CT molecular complexity index is 528. The van der Waals surface area contributed by atoms with Crippen LogP contribution in [-0.2, 0) is 16.4 Å². The summed E-state index contributed by atoms with van der Waals surface area (Å²) in [5, 5.41) is 3.24. The lowest BCUT2D eigenvalue weighted by atomic mass is 10.2. The lowest BCUT2D eigenvalue weighted by molar-refractivity contribution is 0.311. The summed E-state index contributed by atoms with van der Waals surface area (Å²) >= 11 is 0. The van der Waals surface area contributed by atoms with Gasteiger partial charge < -0.3 is 14.8 Å². The molecule has 1 aromatic carbocycles. The minimum Gasteiger partial charge on any atom is -0.493 e. The van der Waals surface area contributed by atoms with Crippen LogP contribution >= 0.6 is 0 Å². The Balaban J connectivity index is 2.62. The highest BCUT2D eigenvalue weighted by Gasteiger charge is 2.11. The highest BCUT2D eigenvalue weighted by molar-refractivity contribution is 7.91. The highest BCUT2D eigenvalue weighted by Crippen LogP contribution is 2.28. The fourth-order valence-electron chi connectivity index (χ4n) is 1.90. The summed E-state index contributed by atoms with van der Waals surface area (Å²) in [6, 6.07) is 5.66. The fourth-order valence-corrected chi connectivity index (χ4v) is 3.07. The molecule has 0 aliphatic heterocycles. The van der Waals surface area contributed by atoms with Gasteiger partial charge >= 0.3 is 0 Å². The van der Waals surface area contributed by atoms with Crippen molar-refractivity contribution in [1.29, 1.82) is 0 Å². The van der Waals surface area contributed by atoms with Gasteiger partial charge in [0, 0.05) is 6.54 Å². The summed E-state index contributed by atoms with van der Waals surface area (Å²) in [5.41, 5.74) is 1.10. The zero-order valence-corrected chi connectivity index (χ0v) is 13.8. The van der Waals surface area contributed by atoms with Crippen molar-refractivity contribution in [3.8, 4) is 11.5 Å². The first kappa shape index (κ1) is 17.8. The average Bonchev–Trinajstić information content (AvgIpc) is 2.45. The predicted octanol–water partition coefficient (Wildman–Crippen LogP) is 2.01. The van der Waals surface area contributed by atoms with E-state index in [1.54, 1.807) is 7.11 Å². The molecule has 0 spiro atoms.